The first kappa shape index (κ1) is 18.3. The first-order valence-electron chi connectivity index (χ1n) is 9.15. The summed E-state index contributed by atoms with van der Waals surface area (Å²) < 4.78 is 24.0. The van der Waals surface area contributed by atoms with Gasteiger partial charge in [0.25, 0.3) is 0 Å². The Morgan fingerprint density at radius 2 is 2.00 bits per heavy atom. The van der Waals surface area contributed by atoms with Crippen molar-refractivity contribution >= 4 is 11.9 Å². The maximum Gasteiger partial charge on any atom is 0.346 e. The van der Waals surface area contributed by atoms with E-state index in [1.54, 1.807) is 0 Å². The zero-order valence-electron chi connectivity index (χ0n) is 15.1. The number of carboxylic acid groups (broad SMARTS) is 1. The highest BCUT2D eigenvalue weighted by atomic mass is 19.1. The van der Waals surface area contributed by atoms with Crippen molar-refractivity contribution in [1.82, 2.24) is 5.32 Å². The summed E-state index contributed by atoms with van der Waals surface area (Å²) in [6, 6.07) is 12.8. The molecule has 1 heterocycles. The lowest BCUT2D eigenvalue weighted by Crippen LogP contribution is -2.41. The van der Waals surface area contributed by atoms with E-state index in [0.717, 1.165) is 24.2 Å². The quantitative estimate of drug-likeness (QED) is 0.798. The second-order valence-electron chi connectivity index (χ2n) is 7.15. The number of carbonyl (C=O) groups excluding carboxylic acids is 1. The van der Waals surface area contributed by atoms with E-state index in [-0.39, 0.29) is 29.5 Å². The lowest BCUT2D eigenvalue weighted by atomic mass is 9.87. The molecule has 7 heteroatoms. The summed E-state index contributed by atoms with van der Waals surface area (Å²) in [5, 5.41) is 12.1. The average molecular weight is 385 g/mol. The van der Waals surface area contributed by atoms with Crippen LogP contribution in [0.15, 0.2) is 48.5 Å². The molecule has 1 saturated carbocycles. The molecular weight excluding hydrogens is 365 g/mol. The van der Waals surface area contributed by atoms with Crippen LogP contribution in [0.3, 0.4) is 0 Å². The van der Waals surface area contributed by atoms with Crippen molar-refractivity contribution in [3.63, 3.8) is 0 Å². The van der Waals surface area contributed by atoms with Crippen molar-refractivity contribution in [3.05, 3.63) is 59.9 Å². The summed E-state index contributed by atoms with van der Waals surface area (Å²) >= 11 is 0. The molecule has 146 valence electrons. The number of para-hydroxylation sites is 1. The van der Waals surface area contributed by atoms with E-state index in [2.05, 4.69) is 5.32 Å². The lowest BCUT2D eigenvalue weighted by Gasteiger charge is -2.26. The number of rotatable bonds is 6. The van der Waals surface area contributed by atoms with Crippen LogP contribution in [-0.4, -0.2) is 36.2 Å². The molecule has 0 radical (unpaired) electrons. The highest BCUT2D eigenvalue weighted by Crippen LogP contribution is 2.60. The van der Waals surface area contributed by atoms with E-state index in [9.17, 15) is 19.1 Å². The predicted molar refractivity (Wildman–Crippen MR) is 97.8 cm³/mol. The minimum atomic E-state index is -1.26. The summed E-state index contributed by atoms with van der Waals surface area (Å²) in [7, 11) is 0. The van der Waals surface area contributed by atoms with Crippen molar-refractivity contribution in [2.45, 2.75) is 24.4 Å². The van der Waals surface area contributed by atoms with E-state index in [4.69, 9.17) is 9.47 Å². The number of ether oxygens (including phenoxy) is 2. The second kappa shape index (κ2) is 7.14. The molecule has 1 fully saturated rings. The van der Waals surface area contributed by atoms with Gasteiger partial charge < -0.3 is 19.9 Å². The molecule has 28 heavy (non-hydrogen) atoms. The normalized spacial score (nSPS) is 23.2. The zero-order valence-corrected chi connectivity index (χ0v) is 15.1. The fourth-order valence-electron chi connectivity index (χ4n) is 3.88. The highest BCUT2D eigenvalue weighted by molar-refractivity contribution is 5.85. The molecule has 0 saturated heterocycles. The Balaban J connectivity index is 1.39. The molecule has 0 aromatic heterocycles. The molecule has 1 spiro atoms. The first-order chi connectivity index (χ1) is 13.5. The SMILES string of the molecule is O=C(O)C(CNC(=O)[C@@H]1C[C@]12CCOc1ccccc12)Oc1ccc(F)cc1. The van der Waals surface area contributed by atoms with Crippen LogP contribution in [0.25, 0.3) is 0 Å². The van der Waals surface area contributed by atoms with Crippen LogP contribution in [0, 0.1) is 11.7 Å². The van der Waals surface area contributed by atoms with Gasteiger partial charge in [0, 0.05) is 16.9 Å². The topological polar surface area (TPSA) is 84.9 Å². The molecule has 1 aliphatic carbocycles. The van der Waals surface area contributed by atoms with Crippen LogP contribution in [0.4, 0.5) is 4.39 Å². The summed E-state index contributed by atoms with van der Waals surface area (Å²) in [5.41, 5.74) is 0.814. The molecule has 1 unspecified atom stereocenters. The van der Waals surface area contributed by atoms with Crippen molar-refractivity contribution in [1.29, 1.82) is 0 Å². The van der Waals surface area contributed by atoms with Gasteiger partial charge in [-0.1, -0.05) is 18.2 Å². The maximum atomic E-state index is 13.0. The van der Waals surface area contributed by atoms with E-state index in [1.807, 2.05) is 24.3 Å². The molecular formula is C21H20FNO5. The summed E-state index contributed by atoms with van der Waals surface area (Å²) in [5.74, 6) is -1.00. The molecule has 1 aliphatic heterocycles. The number of hydrogen-bond acceptors (Lipinski definition) is 4. The molecule has 0 bridgehead atoms. The number of fused-ring (bicyclic) bond motifs is 2. The number of nitrogens with one attached hydrogen (secondary N) is 1. The van der Waals surface area contributed by atoms with E-state index in [1.165, 1.54) is 24.3 Å². The van der Waals surface area contributed by atoms with E-state index >= 15 is 0 Å². The van der Waals surface area contributed by atoms with Gasteiger partial charge in [-0.15, -0.1) is 0 Å². The predicted octanol–water partition coefficient (Wildman–Crippen LogP) is 2.51. The molecule has 2 N–H and O–H groups in total. The maximum absolute atomic E-state index is 13.0. The highest BCUT2D eigenvalue weighted by Gasteiger charge is 2.60. The minimum Gasteiger partial charge on any atom is -0.493 e. The Labute approximate surface area is 161 Å². The number of amides is 1. The molecule has 6 nitrogen and oxygen atoms in total. The summed E-state index contributed by atoms with van der Waals surface area (Å²) in [6.07, 6.45) is 0.220. The molecule has 2 aromatic rings. The fraction of sp³-hybridized carbons (Fsp3) is 0.333. The number of benzene rings is 2. The third-order valence-corrected chi connectivity index (χ3v) is 5.45. The average Bonchev–Trinajstić information content (AvgIpc) is 3.41. The van der Waals surface area contributed by atoms with E-state index < -0.39 is 17.9 Å². The van der Waals surface area contributed by atoms with Gasteiger partial charge in [0.05, 0.1) is 13.2 Å². The van der Waals surface area contributed by atoms with Crippen molar-refractivity contribution in [2.75, 3.05) is 13.2 Å². The third kappa shape index (κ3) is 3.40. The van der Waals surface area contributed by atoms with Gasteiger partial charge in [-0.05, 0) is 43.2 Å². The zero-order chi connectivity index (χ0) is 19.7. The lowest BCUT2D eigenvalue weighted by molar-refractivity contribution is -0.145. The van der Waals surface area contributed by atoms with Crippen LogP contribution >= 0.6 is 0 Å². The van der Waals surface area contributed by atoms with Gasteiger partial charge >= 0.3 is 5.97 Å². The van der Waals surface area contributed by atoms with Crippen LogP contribution in [-0.2, 0) is 15.0 Å². The Kier molecular flexibility index (Phi) is 4.66. The first-order valence-corrected chi connectivity index (χ1v) is 9.15. The minimum absolute atomic E-state index is 0.170. The summed E-state index contributed by atoms with van der Waals surface area (Å²) in [4.78, 5) is 24.1. The Hall–Kier alpha value is -3.09. The Morgan fingerprint density at radius 3 is 2.75 bits per heavy atom. The van der Waals surface area contributed by atoms with Crippen LogP contribution in [0.2, 0.25) is 0 Å². The van der Waals surface area contributed by atoms with Gasteiger partial charge in [0.15, 0.2) is 0 Å². The number of carbonyl (C=O) groups is 2. The molecule has 3 atom stereocenters. The van der Waals surface area contributed by atoms with Crippen molar-refractivity contribution < 1.29 is 28.6 Å². The van der Waals surface area contributed by atoms with Crippen LogP contribution in [0.5, 0.6) is 11.5 Å². The molecule has 2 aliphatic rings. The second-order valence-corrected chi connectivity index (χ2v) is 7.15. The monoisotopic (exact) mass is 385 g/mol. The molecule has 1 amide bonds. The number of carboxylic acids is 1. The summed E-state index contributed by atoms with van der Waals surface area (Å²) in [6.45, 7) is 0.391. The third-order valence-electron chi connectivity index (χ3n) is 5.45. The van der Waals surface area contributed by atoms with Gasteiger partial charge in [-0.25, -0.2) is 9.18 Å². The molecule has 2 aromatic carbocycles. The smallest absolute Gasteiger partial charge is 0.346 e. The van der Waals surface area contributed by atoms with Gasteiger partial charge in [0.1, 0.15) is 17.3 Å². The fourth-order valence-corrected chi connectivity index (χ4v) is 3.88. The van der Waals surface area contributed by atoms with Crippen LogP contribution in [0.1, 0.15) is 18.4 Å². The van der Waals surface area contributed by atoms with Crippen molar-refractivity contribution in [2.24, 2.45) is 5.92 Å². The largest absolute Gasteiger partial charge is 0.493 e. The Morgan fingerprint density at radius 1 is 1.25 bits per heavy atom. The van der Waals surface area contributed by atoms with E-state index in [0.29, 0.717) is 6.61 Å². The Bertz CT molecular complexity index is 900. The number of halogens is 1. The standard InChI is InChI=1S/C21H20FNO5/c22-13-5-7-14(8-6-13)28-18(20(25)26)12-23-19(24)16-11-21(16)9-10-27-17-4-2-1-3-15(17)21/h1-8,16,18H,9-12H2,(H,23,24)(H,25,26)/t16-,18?,21-/m0/s1. The van der Waals surface area contributed by atoms with Crippen LogP contribution < -0.4 is 14.8 Å². The van der Waals surface area contributed by atoms with Crippen molar-refractivity contribution in [3.8, 4) is 11.5 Å². The van der Waals surface area contributed by atoms with Gasteiger partial charge in [-0.2, -0.15) is 0 Å². The number of aliphatic carboxylic acids is 1. The van der Waals surface area contributed by atoms with Gasteiger partial charge in [-0.3, -0.25) is 4.79 Å². The number of hydrogen-bond donors (Lipinski definition) is 2. The molecule has 4 rings (SSSR count). The van der Waals surface area contributed by atoms with Gasteiger partial charge in [0.2, 0.25) is 12.0 Å².